The van der Waals surface area contributed by atoms with Crippen LogP contribution in [-0.4, -0.2) is 6.29 Å². The summed E-state index contributed by atoms with van der Waals surface area (Å²) in [6, 6.07) is 7.98. The molecule has 0 unspecified atom stereocenters. The van der Waals surface area contributed by atoms with Crippen LogP contribution in [0.2, 0.25) is 0 Å². The van der Waals surface area contributed by atoms with Crippen molar-refractivity contribution in [2.24, 2.45) is 0 Å². The largest absolute Gasteiger partial charge is 0.303 e. The van der Waals surface area contributed by atoms with Crippen LogP contribution in [0.5, 0.6) is 0 Å². The Kier molecular flexibility index (Phi) is 3.27. The molecule has 0 saturated carbocycles. The lowest BCUT2D eigenvalue weighted by Gasteiger charge is -1.95. The summed E-state index contributed by atoms with van der Waals surface area (Å²) in [5, 5.41) is 0. The predicted octanol–water partition coefficient (Wildman–Crippen LogP) is 2.46. The van der Waals surface area contributed by atoms with Crippen LogP contribution in [0.4, 0.5) is 0 Å². The molecule has 0 saturated heterocycles. The number of carbonyl (C=O) groups is 1. The van der Waals surface area contributed by atoms with Gasteiger partial charge in [-0.3, -0.25) is 0 Å². The van der Waals surface area contributed by atoms with E-state index < -0.39 is 0 Å². The van der Waals surface area contributed by atoms with Gasteiger partial charge in [0.25, 0.3) is 0 Å². The van der Waals surface area contributed by atoms with E-state index in [1.165, 1.54) is 5.56 Å². The third-order valence-electron chi connectivity index (χ3n) is 1.66. The first kappa shape index (κ1) is 8.72. The Balaban J connectivity index is 2.77. The summed E-state index contributed by atoms with van der Waals surface area (Å²) < 4.78 is 0. The normalized spacial score (nSPS) is 10.4. The van der Waals surface area contributed by atoms with Crippen molar-refractivity contribution in [3.05, 3.63) is 41.5 Å². The molecule has 0 N–H and O–H groups in total. The van der Waals surface area contributed by atoms with Crippen molar-refractivity contribution in [2.75, 3.05) is 0 Å². The Bertz CT molecular complexity index is 270. The second-order valence-electron chi connectivity index (χ2n) is 2.61. The molecular formula is C11H12O. The molecule has 0 amide bonds. The van der Waals surface area contributed by atoms with Crippen molar-refractivity contribution < 1.29 is 4.79 Å². The molecule has 0 aromatic heterocycles. The van der Waals surface area contributed by atoms with Crippen LogP contribution < -0.4 is 0 Å². The molecule has 0 fully saturated rings. The van der Waals surface area contributed by atoms with E-state index in [1.54, 1.807) is 0 Å². The van der Waals surface area contributed by atoms with Gasteiger partial charge in [-0.2, -0.15) is 0 Å². The van der Waals surface area contributed by atoms with Gasteiger partial charge in [-0.1, -0.05) is 36.4 Å². The van der Waals surface area contributed by atoms with Gasteiger partial charge in [0.05, 0.1) is 0 Å². The van der Waals surface area contributed by atoms with Gasteiger partial charge in [0.2, 0.25) is 0 Å². The van der Waals surface area contributed by atoms with Gasteiger partial charge >= 0.3 is 0 Å². The molecule has 0 atom stereocenters. The SMILES string of the molecule is C/C=C/c1ccc(CC=O)cc1. The van der Waals surface area contributed by atoms with Crippen LogP contribution in [0.1, 0.15) is 18.1 Å². The van der Waals surface area contributed by atoms with Gasteiger partial charge in [0.1, 0.15) is 6.29 Å². The number of allylic oxidation sites excluding steroid dienone is 1. The van der Waals surface area contributed by atoms with Crippen LogP contribution in [0.15, 0.2) is 30.3 Å². The number of benzene rings is 1. The zero-order chi connectivity index (χ0) is 8.81. The minimum Gasteiger partial charge on any atom is -0.303 e. The summed E-state index contributed by atoms with van der Waals surface area (Å²) in [6.45, 7) is 1.99. The molecule has 0 aliphatic rings. The summed E-state index contributed by atoms with van der Waals surface area (Å²) in [5.74, 6) is 0. The molecule has 0 bridgehead atoms. The number of rotatable bonds is 3. The standard InChI is InChI=1S/C11H12O/c1-2-3-10-4-6-11(7-5-10)8-9-12/h2-7,9H,8H2,1H3/b3-2+. The summed E-state index contributed by atoms with van der Waals surface area (Å²) in [6.07, 6.45) is 5.46. The molecule has 62 valence electrons. The molecule has 0 aliphatic carbocycles. The molecule has 0 heterocycles. The number of hydrogen-bond donors (Lipinski definition) is 0. The lowest BCUT2D eigenvalue weighted by molar-refractivity contribution is -0.107. The monoisotopic (exact) mass is 160 g/mol. The molecule has 1 rings (SSSR count). The summed E-state index contributed by atoms with van der Waals surface area (Å²) in [4.78, 5) is 10.2. The van der Waals surface area contributed by atoms with E-state index in [-0.39, 0.29) is 0 Å². The van der Waals surface area contributed by atoms with Crippen molar-refractivity contribution in [3.63, 3.8) is 0 Å². The molecule has 12 heavy (non-hydrogen) atoms. The Morgan fingerprint density at radius 3 is 2.42 bits per heavy atom. The van der Waals surface area contributed by atoms with Crippen LogP contribution in [0.3, 0.4) is 0 Å². The highest BCUT2D eigenvalue weighted by Crippen LogP contribution is 2.05. The van der Waals surface area contributed by atoms with Gasteiger partial charge in [-0.15, -0.1) is 0 Å². The summed E-state index contributed by atoms with van der Waals surface area (Å²) >= 11 is 0. The fourth-order valence-corrected chi connectivity index (χ4v) is 1.05. The summed E-state index contributed by atoms with van der Waals surface area (Å²) in [7, 11) is 0. The predicted molar refractivity (Wildman–Crippen MR) is 50.9 cm³/mol. The van der Waals surface area contributed by atoms with E-state index in [2.05, 4.69) is 0 Å². The molecule has 1 heteroatoms. The van der Waals surface area contributed by atoms with Gasteiger partial charge < -0.3 is 4.79 Å². The van der Waals surface area contributed by atoms with Crippen LogP contribution in [-0.2, 0) is 11.2 Å². The third-order valence-corrected chi connectivity index (χ3v) is 1.66. The third kappa shape index (κ3) is 2.35. The Morgan fingerprint density at radius 1 is 1.25 bits per heavy atom. The smallest absolute Gasteiger partial charge is 0.124 e. The Labute approximate surface area is 72.7 Å². The highest BCUT2D eigenvalue weighted by molar-refractivity contribution is 5.56. The number of carbonyl (C=O) groups excluding carboxylic acids is 1. The van der Waals surface area contributed by atoms with E-state index >= 15 is 0 Å². The van der Waals surface area contributed by atoms with E-state index in [0.29, 0.717) is 6.42 Å². The van der Waals surface area contributed by atoms with E-state index in [0.717, 1.165) is 11.8 Å². The Hall–Kier alpha value is -1.37. The van der Waals surface area contributed by atoms with Crippen molar-refractivity contribution in [3.8, 4) is 0 Å². The molecule has 0 aliphatic heterocycles. The fourth-order valence-electron chi connectivity index (χ4n) is 1.05. The van der Waals surface area contributed by atoms with Crippen molar-refractivity contribution >= 4 is 12.4 Å². The maximum absolute atomic E-state index is 10.2. The van der Waals surface area contributed by atoms with Crippen molar-refractivity contribution in [2.45, 2.75) is 13.3 Å². The van der Waals surface area contributed by atoms with E-state index in [4.69, 9.17) is 0 Å². The number of aldehydes is 1. The zero-order valence-electron chi connectivity index (χ0n) is 7.16. The highest BCUT2D eigenvalue weighted by Gasteiger charge is 1.89. The van der Waals surface area contributed by atoms with Crippen LogP contribution >= 0.6 is 0 Å². The lowest BCUT2D eigenvalue weighted by atomic mass is 10.1. The first-order valence-electron chi connectivity index (χ1n) is 4.02. The maximum Gasteiger partial charge on any atom is 0.124 e. The van der Waals surface area contributed by atoms with Gasteiger partial charge in [-0.25, -0.2) is 0 Å². The van der Waals surface area contributed by atoms with Crippen LogP contribution in [0, 0.1) is 0 Å². The summed E-state index contributed by atoms with van der Waals surface area (Å²) in [5.41, 5.74) is 2.24. The van der Waals surface area contributed by atoms with Gasteiger partial charge in [0.15, 0.2) is 0 Å². The average Bonchev–Trinajstić information content (AvgIpc) is 2.09. The minimum atomic E-state index is 0.510. The first-order valence-corrected chi connectivity index (χ1v) is 4.02. The van der Waals surface area contributed by atoms with Gasteiger partial charge in [0, 0.05) is 6.42 Å². The quantitative estimate of drug-likeness (QED) is 0.621. The zero-order valence-corrected chi connectivity index (χ0v) is 7.16. The molecule has 1 nitrogen and oxygen atoms in total. The highest BCUT2D eigenvalue weighted by atomic mass is 16.1. The minimum absolute atomic E-state index is 0.510. The molecule has 0 radical (unpaired) electrons. The van der Waals surface area contributed by atoms with Crippen molar-refractivity contribution in [1.29, 1.82) is 0 Å². The molecule has 1 aromatic rings. The van der Waals surface area contributed by atoms with Crippen LogP contribution in [0.25, 0.3) is 6.08 Å². The first-order chi connectivity index (χ1) is 5.86. The second-order valence-corrected chi connectivity index (χ2v) is 2.61. The topological polar surface area (TPSA) is 17.1 Å². The Morgan fingerprint density at radius 2 is 1.92 bits per heavy atom. The second kappa shape index (κ2) is 4.50. The molecule has 0 spiro atoms. The van der Waals surface area contributed by atoms with E-state index in [9.17, 15) is 4.79 Å². The maximum atomic E-state index is 10.2. The lowest BCUT2D eigenvalue weighted by Crippen LogP contribution is -1.84. The van der Waals surface area contributed by atoms with Crippen molar-refractivity contribution in [1.82, 2.24) is 0 Å². The average molecular weight is 160 g/mol. The molecule has 1 aromatic carbocycles. The van der Waals surface area contributed by atoms with E-state index in [1.807, 2.05) is 43.3 Å². The number of hydrogen-bond acceptors (Lipinski definition) is 1. The van der Waals surface area contributed by atoms with Gasteiger partial charge in [-0.05, 0) is 18.1 Å². The molecular weight excluding hydrogens is 148 g/mol. The fraction of sp³-hybridized carbons (Fsp3) is 0.182.